The van der Waals surface area contributed by atoms with Gasteiger partial charge in [-0.1, -0.05) is 135 Å². The molecular weight excluding hydrogens is 556 g/mol. The first-order chi connectivity index (χ1) is 21.2. The van der Waals surface area contributed by atoms with Crippen molar-refractivity contribution in [1.29, 1.82) is 0 Å². The van der Waals surface area contributed by atoms with E-state index in [1.165, 1.54) is 0 Å². The summed E-state index contributed by atoms with van der Waals surface area (Å²) < 4.78 is 33.3. The molecule has 5 rings (SSSR count). The average molecular weight is 599 g/mol. The summed E-state index contributed by atoms with van der Waals surface area (Å²) in [6.07, 6.45) is -1.50. The van der Waals surface area contributed by atoms with Crippen LogP contribution in [0.3, 0.4) is 0 Å². The second-order valence-electron chi connectivity index (χ2n) is 11.0. The minimum absolute atomic E-state index is 0.258. The van der Waals surface area contributed by atoms with Crippen LogP contribution in [0, 0.1) is 0 Å². The highest BCUT2D eigenvalue weighted by atomic mass is 32.2. The van der Waals surface area contributed by atoms with Crippen LogP contribution in [0.2, 0.25) is 0 Å². The molecule has 43 heavy (non-hydrogen) atoms. The summed E-state index contributed by atoms with van der Waals surface area (Å²) >= 11 is 1.76. The lowest BCUT2D eigenvalue weighted by Gasteiger charge is -2.46. The van der Waals surface area contributed by atoms with Crippen molar-refractivity contribution in [2.24, 2.45) is 0 Å². The minimum Gasteiger partial charge on any atom is -0.374 e. The maximum absolute atomic E-state index is 6.83. The highest BCUT2D eigenvalue weighted by molar-refractivity contribution is 8.00. The number of hydrogen-bond donors (Lipinski definition) is 0. The standard InChI is InChI=1S/C37H42O5S/c1-28(2)43-37-36(41-26-32-21-13-6-14-22-32)35(40-25-31-19-11-5-12-20-31)34(39-24-30-17-9-4-10-18-30)33(42-37)27-38-23-29-15-7-3-8-16-29/h3-22,28,33-37H,23-27H2,1-2H3/t33-,34-,35+,36-,37+/m1/s1. The van der Waals surface area contributed by atoms with E-state index < -0.39 is 6.10 Å². The van der Waals surface area contributed by atoms with Crippen LogP contribution < -0.4 is 0 Å². The van der Waals surface area contributed by atoms with E-state index in [-0.39, 0.29) is 23.7 Å². The summed E-state index contributed by atoms with van der Waals surface area (Å²) in [5, 5.41) is 0.329. The van der Waals surface area contributed by atoms with Gasteiger partial charge in [-0.25, -0.2) is 0 Å². The SMILES string of the molecule is CC(C)S[C@@H]1O[C@H](COCc2ccccc2)[C@@H](OCc2ccccc2)[C@H](OCc2ccccc2)[C@H]1OCc1ccccc1. The van der Waals surface area contributed by atoms with E-state index in [0.717, 1.165) is 22.3 Å². The zero-order valence-electron chi connectivity index (χ0n) is 25.0. The third kappa shape index (κ3) is 9.77. The zero-order valence-corrected chi connectivity index (χ0v) is 25.8. The Kier molecular flexibility index (Phi) is 12.3. The van der Waals surface area contributed by atoms with E-state index >= 15 is 0 Å². The molecule has 1 fully saturated rings. The second kappa shape index (κ2) is 16.8. The Morgan fingerprint density at radius 3 is 1.37 bits per heavy atom. The Balaban J connectivity index is 1.42. The quantitative estimate of drug-likeness (QED) is 0.139. The highest BCUT2D eigenvalue weighted by Crippen LogP contribution is 2.37. The van der Waals surface area contributed by atoms with Crippen molar-refractivity contribution in [3.8, 4) is 0 Å². The number of benzene rings is 4. The van der Waals surface area contributed by atoms with E-state index in [1.807, 2.05) is 72.8 Å². The van der Waals surface area contributed by atoms with Gasteiger partial charge in [-0.2, -0.15) is 0 Å². The maximum atomic E-state index is 6.83. The molecule has 1 aliphatic rings. The molecule has 0 radical (unpaired) electrons. The third-order valence-corrected chi connectivity index (χ3v) is 8.44. The smallest absolute Gasteiger partial charge is 0.132 e. The predicted molar refractivity (Wildman–Crippen MR) is 173 cm³/mol. The first kappa shape index (κ1) is 31.5. The van der Waals surface area contributed by atoms with Crippen molar-refractivity contribution in [3.63, 3.8) is 0 Å². The van der Waals surface area contributed by atoms with Crippen molar-refractivity contribution in [3.05, 3.63) is 144 Å². The van der Waals surface area contributed by atoms with Gasteiger partial charge < -0.3 is 23.7 Å². The van der Waals surface area contributed by atoms with E-state index in [4.69, 9.17) is 23.7 Å². The van der Waals surface area contributed by atoms with Gasteiger partial charge in [-0.15, -0.1) is 11.8 Å². The Morgan fingerprint density at radius 1 is 0.535 bits per heavy atom. The molecule has 0 aromatic heterocycles. The molecule has 0 amide bonds. The molecule has 0 N–H and O–H groups in total. The first-order valence-corrected chi connectivity index (χ1v) is 16.0. The molecule has 5 atom stereocenters. The van der Waals surface area contributed by atoms with E-state index in [2.05, 4.69) is 62.4 Å². The molecule has 4 aromatic carbocycles. The van der Waals surface area contributed by atoms with Gasteiger partial charge in [0, 0.05) is 5.25 Å². The number of rotatable bonds is 15. The van der Waals surface area contributed by atoms with Gasteiger partial charge in [0.05, 0.1) is 33.0 Å². The van der Waals surface area contributed by atoms with Gasteiger partial charge in [-0.05, 0) is 22.3 Å². The maximum Gasteiger partial charge on any atom is 0.132 e. The summed E-state index contributed by atoms with van der Waals surface area (Å²) in [5.74, 6) is 0. The average Bonchev–Trinajstić information content (AvgIpc) is 3.04. The van der Waals surface area contributed by atoms with Gasteiger partial charge in [-0.3, -0.25) is 0 Å². The molecule has 0 unspecified atom stereocenters. The van der Waals surface area contributed by atoms with Gasteiger partial charge in [0.1, 0.15) is 29.9 Å². The van der Waals surface area contributed by atoms with Crippen LogP contribution in [-0.4, -0.2) is 41.7 Å². The van der Waals surface area contributed by atoms with Crippen LogP contribution >= 0.6 is 11.8 Å². The van der Waals surface area contributed by atoms with E-state index in [0.29, 0.717) is 38.3 Å². The fourth-order valence-corrected chi connectivity index (χ4v) is 6.26. The topological polar surface area (TPSA) is 46.2 Å². The molecule has 1 heterocycles. The van der Waals surface area contributed by atoms with Crippen molar-refractivity contribution in [2.45, 2.75) is 75.4 Å². The van der Waals surface area contributed by atoms with Gasteiger partial charge in [0.25, 0.3) is 0 Å². The molecule has 0 spiro atoms. The highest BCUT2D eigenvalue weighted by Gasteiger charge is 2.48. The molecule has 0 aliphatic carbocycles. The summed E-state index contributed by atoms with van der Waals surface area (Å²) in [7, 11) is 0. The Hall–Kier alpha value is -2.97. The Bertz CT molecular complexity index is 1310. The van der Waals surface area contributed by atoms with Gasteiger partial charge in [0.15, 0.2) is 0 Å². The molecular formula is C37H42O5S. The lowest BCUT2D eigenvalue weighted by molar-refractivity contribution is -0.254. The second-order valence-corrected chi connectivity index (χ2v) is 12.7. The molecule has 0 saturated carbocycles. The summed E-state index contributed by atoms with van der Waals surface area (Å²) in [4.78, 5) is 0. The van der Waals surface area contributed by atoms with Crippen LogP contribution in [0.5, 0.6) is 0 Å². The van der Waals surface area contributed by atoms with Crippen molar-refractivity contribution >= 4 is 11.8 Å². The predicted octanol–water partition coefficient (Wildman–Crippen LogP) is 7.83. The van der Waals surface area contributed by atoms with Crippen LogP contribution in [-0.2, 0) is 50.1 Å². The van der Waals surface area contributed by atoms with Crippen LogP contribution in [0.25, 0.3) is 0 Å². The molecule has 226 valence electrons. The van der Waals surface area contributed by atoms with Crippen LogP contribution in [0.1, 0.15) is 36.1 Å². The van der Waals surface area contributed by atoms with Gasteiger partial charge in [0.2, 0.25) is 0 Å². The summed E-state index contributed by atoms with van der Waals surface area (Å²) in [5.41, 5.74) is 4.16. The number of hydrogen-bond acceptors (Lipinski definition) is 6. The number of thioether (sulfide) groups is 1. The Morgan fingerprint density at radius 2 is 0.930 bits per heavy atom. The van der Waals surface area contributed by atoms with Crippen LogP contribution in [0.15, 0.2) is 121 Å². The van der Waals surface area contributed by atoms with Gasteiger partial charge >= 0.3 is 0 Å². The van der Waals surface area contributed by atoms with E-state index in [1.54, 1.807) is 11.8 Å². The van der Waals surface area contributed by atoms with Crippen molar-refractivity contribution in [2.75, 3.05) is 6.61 Å². The monoisotopic (exact) mass is 598 g/mol. The molecule has 1 aliphatic heterocycles. The lowest BCUT2D eigenvalue weighted by Crippen LogP contribution is -2.60. The molecule has 1 saturated heterocycles. The Labute approximate surface area is 260 Å². The summed E-state index contributed by atoms with van der Waals surface area (Å²) in [6.45, 7) is 6.57. The van der Waals surface area contributed by atoms with Crippen LogP contribution in [0.4, 0.5) is 0 Å². The normalized spacial score (nSPS) is 22.1. The third-order valence-electron chi connectivity index (χ3n) is 7.25. The largest absolute Gasteiger partial charge is 0.374 e. The van der Waals surface area contributed by atoms with Crippen molar-refractivity contribution in [1.82, 2.24) is 0 Å². The summed E-state index contributed by atoms with van der Waals surface area (Å²) in [6, 6.07) is 40.9. The lowest BCUT2D eigenvalue weighted by atomic mass is 9.98. The fourth-order valence-electron chi connectivity index (χ4n) is 5.12. The molecule has 0 bridgehead atoms. The molecule has 6 heteroatoms. The fraction of sp³-hybridized carbons (Fsp3) is 0.351. The molecule has 4 aromatic rings. The first-order valence-electron chi connectivity index (χ1n) is 15.0. The molecule has 5 nitrogen and oxygen atoms in total. The van der Waals surface area contributed by atoms with E-state index in [9.17, 15) is 0 Å². The zero-order chi connectivity index (χ0) is 29.7. The minimum atomic E-state index is -0.413. The number of ether oxygens (including phenoxy) is 5. The van der Waals surface area contributed by atoms with Crippen molar-refractivity contribution < 1.29 is 23.7 Å².